The van der Waals surface area contributed by atoms with Crippen molar-refractivity contribution in [2.75, 3.05) is 13.7 Å². The van der Waals surface area contributed by atoms with Crippen LogP contribution in [0.1, 0.15) is 61.3 Å². The zero-order valence-corrected chi connectivity index (χ0v) is 24.1. The van der Waals surface area contributed by atoms with E-state index < -0.39 is 5.97 Å². The second-order valence-corrected chi connectivity index (χ2v) is 10.7. The third-order valence-corrected chi connectivity index (χ3v) is 7.86. The normalized spacial score (nSPS) is 14.0. The van der Waals surface area contributed by atoms with Gasteiger partial charge < -0.3 is 18.9 Å². The first-order valence-electron chi connectivity index (χ1n) is 14.4. The fraction of sp³-hybridized carbons (Fsp3) is 0.278. The minimum Gasteiger partial charge on any atom is -0.497 e. The third-order valence-electron chi connectivity index (χ3n) is 7.86. The standard InChI is InChI=1S/C36H36O6/c1-26(37)41-33-16-8-28(9-17-33)24-27-6-14-32(15-7-27)40-25-35(38)42-34-20-12-30(13-21-34)36(22-4-3-5-23-36)29-10-18-31(39-2)19-11-29/h6-21H,3-5,22-25H2,1-2H3. The Morgan fingerprint density at radius 3 is 1.62 bits per heavy atom. The van der Waals surface area contributed by atoms with Crippen molar-refractivity contribution in [1.29, 1.82) is 0 Å². The van der Waals surface area contributed by atoms with Gasteiger partial charge in [-0.05, 0) is 90.0 Å². The Balaban J connectivity index is 1.15. The maximum atomic E-state index is 12.5. The highest BCUT2D eigenvalue weighted by molar-refractivity contribution is 5.74. The molecule has 0 bridgehead atoms. The molecular weight excluding hydrogens is 528 g/mol. The first-order valence-corrected chi connectivity index (χ1v) is 14.4. The third kappa shape index (κ3) is 7.19. The van der Waals surface area contributed by atoms with Gasteiger partial charge in [-0.1, -0.05) is 67.8 Å². The van der Waals surface area contributed by atoms with Gasteiger partial charge in [0.25, 0.3) is 0 Å². The van der Waals surface area contributed by atoms with Crippen LogP contribution >= 0.6 is 0 Å². The summed E-state index contributed by atoms with van der Waals surface area (Å²) in [5, 5.41) is 0. The van der Waals surface area contributed by atoms with Crippen molar-refractivity contribution in [2.24, 2.45) is 0 Å². The quantitative estimate of drug-likeness (QED) is 0.147. The number of methoxy groups -OCH3 is 1. The molecule has 6 nitrogen and oxygen atoms in total. The first-order chi connectivity index (χ1) is 20.4. The fourth-order valence-electron chi connectivity index (χ4n) is 5.74. The topological polar surface area (TPSA) is 71.1 Å². The molecule has 0 N–H and O–H groups in total. The van der Waals surface area contributed by atoms with Crippen LogP contribution in [0.3, 0.4) is 0 Å². The summed E-state index contributed by atoms with van der Waals surface area (Å²) in [5.41, 5.74) is 4.67. The molecule has 0 aliphatic heterocycles. The lowest BCUT2D eigenvalue weighted by Gasteiger charge is -2.38. The number of hydrogen-bond acceptors (Lipinski definition) is 6. The molecule has 1 aliphatic rings. The lowest BCUT2D eigenvalue weighted by molar-refractivity contribution is -0.136. The van der Waals surface area contributed by atoms with Crippen molar-refractivity contribution in [3.63, 3.8) is 0 Å². The molecule has 42 heavy (non-hydrogen) atoms. The monoisotopic (exact) mass is 564 g/mol. The molecule has 0 spiro atoms. The van der Waals surface area contributed by atoms with E-state index in [-0.39, 0.29) is 18.0 Å². The highest BCUT2D eigenvalue weighted by Crippen LogP contribution is 2.45. The number of ether oxygens (including phenoxy) is 4. The average Bonchev–Trinajstić information content (AvgIpc) is 3.02. The molecule has 0 radical (unpaired) electrons. The fourth-order valence-corrected chi connectivity index (χ4v) is 5.74. The summed E-state index contributed by atoms with van der Waals surface area (Å²) in [4.78, 5) is 23.6. The molecule has 1 saturated carbocycles. The van der Waals surface area contributed by atoms with E-state index in [4.69, 9.17) is 18.9 Å². The molecule has 0 heterocycles. The van der Waals surface area contributed by atoms with Crippen LogP contribution in [0.15, 0.2) is 97.1 Å². The van der Waals surface area contributed by atoms with Crippen molar-refractivity contribution in [3.8, 4) is 23.0 Å². The molecule has 4 aromatic carbocycles. The summed E-state index contributed by atoms with van der Waals surface area (Å²) >= 11 is 0. The Morgan fingerprint density at radius 1 is 0.619 bits per heavy atom. The maximum Gasteiger partial charge on any atom is 0.349 e. The van der Waals surface area contributed by atoms with E-state index in [1.807, 2.05) is 60.7 Å². The van der Waals surface area contributed by atoms with Gasteiger partial charge >= 0.3 is 11.9 Å². The Bertz CT molecular complexity index is 1470. The lowest BCUT2D eigenvalue weighted by Crippen LogP contribution is -2.30. The Morgan fingerprint density at radius 2 is 1.10 bits per heavy atom. The average molecular weight is 565 g/mol. The van der Waals surface area contributed by atoms with E-state index in [1.165, 1.54) is 37.3 Å². The number of esters is 2. The van der Waals surface area contributed by atoms with Crippen LogP contribution < -0.4 is 18.9 Å². The predicted octanol–water partition coefficient (Wildman–Crippen LogP) is 7.45. The molecule has 4 aromatic rings. The smallest absolute Gasteiger partial charge is 0.349 e. The largest absolute Gasteiger partial charge is 0.497 e. The van der Waals surface area contributed by atoms with Crippen LogP contribution in [-0.4, -0.2) is 25.7 Å². The summed E-state index contributed by atoms with van der Waals surface area (Å²) < 4.78 is 21.7. The SMILES string of the molecule is COc1ccc(C2(c3ccc(OC(=O)COc4ccc(Cc5ccc(OC(C)=O)cc5)cc4)cc3)CCCCC2)cc1. The predicted molar refractivity (Wildman–Crippen MR) is 161 cm³/mol. The molecule has 1 fully saturated rings. The van der Waals surface area contributed by atoms with Crippen LogP contribution in [0.25, 0.3) is 0 Å². The van der Waals surface area contributed by atoms with Crippen molar-refractivity contribution < 1.29 is 28.5 Å². The molecule has 1 aliphatic carbocycles. The van der Waals surface area contributed by atoms with Gasteiger partial charge in [0.15, 0.2) is 6.61 Å². The highest BCUT2D eigenvalue weighted by atomic mass is 16.6. The van der Waals surface area contributed by atoms with Gasteiger partial charge in [-0.25, -0.2) is 4.79 Å². The number of carbonyl (C=O) groups excluding carboxylic acids is 2. The number of rotatable bonds is 10. The van der Waals surface area contributed by atoms with E-state index in [0.717, 1.165) is 36.1 Å². The first kappa shape index (κ1) is 28.9. The molecular formula is C36H36O6. The lowest BCUT2D eigenvalue weighted by atomic mass is 9.65. The van der Waals surface area contributed by atoms with Crippen LogP contribution in [0.2, 0.25) is 0 Å². The van der Waals surface area contributed by atoms with Crippen molar-refractivity contribution in [2.45, 2.75) is 50.9 Å². The molecule has 0 saturated heterocycles. The maximum absolute atomic E-state index is 12.5. The summed E-state index contributed by atoms with van der Waals surface area (Å²) in [6, 6.07) is 31.4. The molecule has 5 rings (SSSR count). The minimum atomic E-state index is -0.456. The van der Waals surface area contributed by atoms with Crippen molar-refractivity contribution in [1.82, 2.24) is 0 Å². The van der Waals surface area contributed by atoms with Gasteiger partial charge in [0.2, 0.25) is 0 Å². The summed E-state index contributed by atoms with van der Waals surface area (Å²) in [6.07, 6.45) is 6.53. The second kappa shape index (κ2) is 13.4. The second-order valence-electron chi connectivity index (χ2n) is 10.7. The van der Waals surface area contributed by atoms with E-state index in [0.29, 0.717) is 17.2 Å². The highest BCUT2D eigenvalue weighted by Gasteiger charge is 2.35. The van der Waals surface area contributed by atoms with E-state index in [2.05, 4.69) is 24.3 Å². The van der Waals surface area contributed by atoms with Gasteiger partial charge in [0.05, 0.1) is 7.11 Å². The molecule has 0 amide bonds. The van der Waals surface area contributed by atoms with Crippen LogP contribution in [0.4, 0.5) is 0 Å². The van der Waals surface area contributed by atoms with E-state index in [1.54, 1.807) is 19.2 Å². The zero-order valence-electron chi connectivity index (χ0n) is 24.1. The summed E-state index contributed by atoms with van der Waals surface area (Å²) in [7, 11) is 1.69. The number of hydrogen-bond donors (Lipinski definition) is 0. The van der Waals surface area contributed by atoms with E-state index >= 15 is 0 Å². The van der Waals surface area contributed by atoms with Crippen LogP contribution in [-0.2, 0) is 21.4 Å². The van der Waals surface area contributed by atoms with Crippen molar-refractivity contribution in [3.05, 3.63) is 119 Å². The van der Waals surface area contributed by atoms with Gasteiger partial charge in [-0.3, -0.25) is 4.79 Å². The number of carbonyl (C=O) groups is 2. The van der Waals surface area contributed by atoms with Crippen LogP contribution in [0, 0.1) is 0 Å². The minimum absolute atomic E-state index is 0.0459. The Kier molecular flexibility index (Phi) is 9.22. The number of benzene rings is 4. The molecule has 216 valence electrons. The molecule has 0 aromatic heterocycles. The summed E-state index contributed by atoms with van der Waals surface area (Å²) in [6.45, 7) is 1.19. The van der Waals surface area contributed by atoms with Gasteiger partial charge in [-0.15, -0.1) is 0 Å². The van der Waals surface area contributed by atoms with Crippen molar-refractivity contribution >= 4 is 11.9 Å². The van der Waals surface area contributed by atoms with Crippen LogP contribution in [0.5, 0.6) is 23.0 Å². The Hall–Kier alpha value is -4.58. The van der Waals surface area contributed by atoms with Gasteiger partial charge in [0.1, 0.15) is 23.0 Å². The van der Waals surface area contributed by atoms with Gasteiger partial charge in [0, 0.05) is 12.3 Å². The summed E-state index contributed by atoms with van der Waals surface area (Å²) in [5.74, 6) is 1.68. The molecule has 6 heteroatoms. The van der Waals surface area contributed by atoms with E-state index in [9.17, 15) is 9.59 Å². The molecule has 0 unspecified atom stereocenters. The zero-order chi connectivity index (χ0) is 29.4. The Labute approximate surface area is 247 Å². The van der Waals surface area contributed by atoms with Gasteiger partial charge in [-0.2, -0.15) is 0 Å². The molecule has 0 atom stereocenters.